The Morgan fingerprint density at radius 2 is 2.00 bits per heavy atom. The lowest BCUT2D eigenvalue weighted by molar-refractivity contribution is -0.385. The number of benzene rings is 1. The number of nitrogens with zero attached hydrogens (tertiary/aromatic N) is 2. The fourth-order valence-corrected chi connectivity index (χ4v) is 2.44. The molecule has 5 nitrogen and oxygen atoms in total. The van der Waals surface area contributed by atoms with Gasteiger partial charge < -0.3 is 5.73 Å². The van der Waals surface area contributed by atoms with Gasteiger partial charge in [0.15, 0.2) is 0 Å². The summed E-state index contributed by atoms with van der Waals surface area (Å²) < 4.78 is 0. The molecule has 98 valence electrons. The number of pyridine rings is 1. The minimum absolute atomic E-state index is 0.0499. The van der Waals surface area contributed by atoms with Crippen molar-refractivity contribution in [2.24, 2.45) is 0 Å². The molecule has 0 aliphatic heterocycles. The molecule has 1 heterocycles. The number of aromatic nitrogens is 1. The van der Waals surface area contributed by atoms with E-state index in [1.165, 1.54) is 23.9 Å². The Labute approximate surface area is 118 Å². The summed E-state index contributed by atoms with van der Waals surface area (Å²) in [6.07, 6.45) is 0. The van der Waals surface area contributed by atoms with Crippen LogP contribution >= 0.6 is 23.4 Å². The van der Waals surface area contributed by atoms with Crippen molar-refractivity contribution in [3.8, 4) is 0 Å². The van der Waals surface area contributed by atoms with Crippen LogP contribution in [0, 0.1) is 10.1 Å². The summed E-state index contributed by atoms with van der Waals surface area (Å²) in [5, 5.41) is 11.9. The van der Waals surface area contributed by atoms with Crippen LogP contribution in [0.1, 0.15) is 5.56 Å². The Balaban J connectivity index is 2.11. The molecular weight excluding hydrogens is 286 g/mol. The fourth-order valence-electron chi connectivity index (χ4n) is 1.43. The summed E-state index contributed by atoms with van der Waals surface area (Å²) >= 11 is 7.18. The van der Waals surface area contributed by atoms with Gasteiger partial charge in [-0.15, -0.1) is 11.8 Å². The second-order valence-corrected chi connectivity index (χ2v) is 5.19. The molecule has 0 atom stereocenters. The smallest absolute Gasteiger partial charge is 0.275 e. The Morgan fingerprint density at radius 1 is 1.32 bits per heavy atom. The third-order valence-corrected chi connectivity index (χ3v) is 3.55. The van der Waals surface area contributed by atoms with Gasteiger partial charge in [0.2, 0.25) is 0 Å². The van der Waals surface area contributed by atoms with Crippen molar-refractivity contribution in [2.45, 2.75) is 10.8 Å². The lowest BCUT2D eigenvalue weighted by Crippen LogP contribution is -1.96. The summed E-state index contributed by atoms with van der Waals surface area (Å²) in [6.45, 7) is 0. The Kier molecular flexibility index (Phi) is 4.24. The zero-order valence-electron chi connectivity index (χ0n) is 9.75. The molecule has 0 fully saturated rings. The molecule has 0 unspecified atom stereocenters. The van der Waals surface area contributed by atoms with Gasteiger partial charge >= 0.3 is 0 Å². The second kappa shape index (κ2) is 5.90. The Bertz CT molecular complexity index is 604. The van der Waals surface area contributed by atoms with Gasteiger partial charge in [-0.2, -0.15) is 0 Å². The van der Waals surface area contributed by atoms with Gasteiger partial charge in [-0.05, 0) is 17.7 Å². The van der Waals surface area contributed by atoms with Crippen molar-refractivity contribution in [3.63, 3.8) is 0 Å². The number of hydrogen-bond acceptors (Lipinski definition) is 5. The summed E-state index contributed by atoms with van der Waals surface area (Å²) in [4.78, 5) is 14.3. The predicted octanol–water partition coefficient (Wildman–Crippen LogP) is 3.52. The minimum Gasteiger partial charge on any atom is -0.383 e. The monoisotopic (exact) mass is 295 g/mol. The second-order valence-electron chi connectivity index (χ2n) is 3.76. The van der Waals surface area contributed by atoms with Crippen LogP contribution in [0.3, 0.4) is 0 Å². The highest BCUT2D eigenvalue weighted by Gasteiger charge is 2.10. The van der Waals surface area contributed by atoms with Crippen LogP contribution < -0.4 is 5.73 Å². The van der Waals surface area contributed by atoms with E-state index in [-0.39, 0.29) is 11.5 Å². The van der Waals surface area contributed by atoms with Gasteiger partial charge in [0.25, 0.3) is 5.69 Å². The van der Waals surface area contributed by atoms with Crippen LogP contribution in [0.15, 0.2) is 41.4 Å². The molecule has 0 spiro atoms. The summed E-state index contributed by atoms with van der Waals surface area (Å²) in [5.74, 6) is 0.790. The van der Waals surface area contributed by atoms with Gasteiger partial charge in [0.1, 0.15) is 10.8 Å². The number of nitrogens with two attached hydrogens (primary N) is 1. The van der Waals surface area contributed by atoms with Gasteiger partial charge in [-0.25, -0.2) is 4.98 Å². The Morgan fingerprint density at radius 3 is 2.63 bits per heavy atom. The molecule has 0 saturated carbocycles. The number of rotatable bonds is 4. The van der Waals surface area contributed by atoms with Crippen molar-refractivity contribution in [2.75, 3.05) is 5.73 Å². The molecular formula is C12H10ClN3O2S. The molecule has 0 radical (unpaired) electrons. The molecule has 2 aromatic rings. The zero-order chi connectivity index (χ0) is 13.8. The maximum Gasteiger partial charge on any atom is 0.275 e. The van der Waals surface area contributed by atoms with E-state index >= 15 is 0 Å². The predicted molar refractivity (Wildman–Crippen MR) is 76.3 cm³/mol. The number of thioether (sulfide) groups is 1. The van der Waals surface area contributed by atoms with Gasteiger partial charge in [0, 0.05) is 16.8 Å². The molecule has 2 rings (SSSR count). The highest BCUT2D eigenvalue weighted by molar-refractivity contribution is 7.98. The van der Waals surface area contributed by atoms with Crippen LogP contribution in [-0.4, -0.2) is 9.91 Å². The van der Waals surface area contributed by atoms with E-state index in [0.717, 1.165) is 5.56 Å². The zero-order valence-corrected chi connectivity index (χ0v) is 11.3. The molecule has 0 amide bonds. The quantitative estimate of drug-likeness (QED) is 0.530. The van der Waals surface area contributed by atoms with Crippen molar-refractivity contribution in [1.82, 2.24) is 4.98 Å². The third-order valence-electron chi connectivity index (χ3n) is 2.32. The highest BCUT2D eigenvalue weighted by Crippen LogP contribution is 2.26. The number of nitro groups is 1. The standard InChI is InChI=1S/C12H10ClN3O2S/c13-9-3-1-8(2-4-9)7-19-12-6-10(16(17)18)5-11(14)15-12/h1-6H,7H2,(H2,14,15). The molecule has 7 heteroatoms. The van der Waals surface area contributed by atoms with Gasteiger partial charge in [0.05, 0.1) is 11.0 Å². The lowest BCUT2D eigenvalue weighted by atomic mass is 10.2. The van der Waals surface area contributed by atoms with Crippen LogP contribution in [0.2, 0.25) is 5.02 Å². The van der Waals surface area contributed by atoms with Gasteiger partial charge in [-0.1, -0.05) is 23.7 Å². The van der Waals surface area contributed by atoms with Crippen molar-refractivity contribution >= 4 is 34.9 Å². The number of halogens is 1. The number of nitrogen functional groups attached to an aromatic ring is 1. The average Bonchev–Trinajstić information content (AvgIpc) is 2.37. The summed E-state index contributed by atoms with van der Waals surface area (Å²) in [7, 11) is 0. The third kappa shape index (κ3) is 3.84. The topological polar surface area (TPSA) is 82.0 Å². The number of anilines is 1. The number of hydrogen-bond donors (Lipinski definition) is 1. The SMILES string of the molecule is Nc1cc([N+](=O)[O-])cc(SCc2ccc(Cl)cc2)n1. The maximum absolute atomic E-state index is 10.7. The molecule has 1 aromatic heterocycles. The largest absolute Gasteiger partial charge is 0.383 e. The maximum atomic E-state index is 10.7. The fraction of sp³-hybridized carbons (Fsp3) is 0.0833. The summed E-state index contributed by atoms with van der Waals surface area (Å²) in [6, 6.07) is 10.1. The Hall–Kier alpha value is -1.79. The van der Waals surface area contributed by atoms with E-state index < -0.39 is 4.92 Å². The average molecular weight is 296 g/mol. The van der Waals surface area contributed by atoms with E-state index in [4.69, 9.17) is 17.3 Å². The molecule has 19 heavy (non-hydrogen) atoms. The van der Waals surface area contributed by atoms with Crippen molar-refractivity contribution in [1.29, 1.82) is 0 Å². The van der Waals surface area contributed by atoms with Crippen LogP contribution in [0.5, 0.6) is 0 Å². The molecule has 0 saturated heterocycles. The van der Waals surface area contributed by atoms with Crippen LogP contribution in [0.4, 0.5) is 11.5 Å². The normalized spacial score (nSPS) is 10.4. The lowest BCUT2D eigenvalue weighted by Gasteiger charge is -2.03. The first-order valence-electron chi connectivity index (χ1n) is 5.34. The van der Waals surface area contributed by atoms with Gasteiger partial charge in [-0.3, -0.25) is 10.1 Å². The van der Waals surface area contributed by atoms with Crippen molar-refractivity contribution < 1.29 is 4.92 Å². The highest BCUT2D eigenvalue weighted by atomic mass is 35.5. The molecule has 1 aromatic carbocycles. The van der Waals surface area contributed by atoms with Crippen molar-refractivity contribution in [3.05, 3.63) is 57.1 Å². The molecule has 0 bridgehead atoms. The minimum atomic E-state index is -0.482. The first kappa shape index (κ1) is 13.6. The first-order valence-corrected chi connectivity index (χ1v) is 6.70. The van der Waals surface area contributed by atoms with E-state index in [1.807, 2.05) is 12.1 Å². The summed E-state index contributed by atoms with van der Waals surface area (Å²) in [5.41, 5.74) is 6.55. The molecule has 0 aliphatic rings. The van der Waals surface area contributed by atoms with E-state index in [1.54, 1.807) is 12.1 Å². The van der Waals surface area contributed by atoms with Crippen LogP contribution in [0.25, 0.3) is 0 Å². The molecule has 0 aliphatic carbocycles. The first-order chi connectivity index (χ1) is 9.04. The molecule has 2 N–H and O–H groups in total. The van der Waals surface area contributed by atoms with E-state index in [9.17, 15) is 10.1 Å². The van der Waals surface area contributed by atoms with E-state index in [0.29, 0.717) is 15.8 Å². The van der Waals surface area contributed by atoms with Crippen LogP contribution in [-0.2, 0) is 5.75 Å². The van der Waals surface area contributed by atoms with E-state index in [2.05, 4.69) is 4.98 Å².